The van der Waals surface area contributed by atoms with E-state index in [2.05, 4.69) is 10.3 Å². The minimum Gasteiger partial charge on any atom is -0.480 e. The van der Waals surface area contributed by atoms with Crippen molar-refractivity contribution in [3.8, 4) is 10.8 Å². The Balaban J connectivity index is 2.12. The van der Waals surface area contributed by atoms with Crippen LogP contribution in [0.3, 0.4) is 0 Å². The van der Waals surface area contributed by atoms with Crippen molar-refractivity contribution in [2.45, 2.75) is 26.3 Å². The molecule has 2 aromatic heterocycles. The number of hydrogen-bond acceptors (Lipinski definition) is 5. The van der Waals surface area contributed by atoms with Crippen molar-refractivity contribution in [2.24, 2.45) is 0 Å². The molecule has 0 saturated carbocycles. The molecule has 20 heavy (non-hydrogen) atoms. The van der Waals surface area contributed by atoms with Crippen molar-refractivity contribution in [1.82, 2.24) is 10.3 Å². The minimum absolute atomic E-state index is 0.193. The molecule has 2 aromatic rings. The third-order valence-electron chi connectivity index (χ3n) is 2.70. The normalized spacial score (nSPS) is 12.1. The zero-order chi connectivity index (χ0) is 14.7. The fourth-order valence-electron chi connectivity index (χ4n) is 1.61. The molecule has 0 radical (unpaired) electrons. The number of carboxylic acids is 1. The lowest BCUT2D eigenvalue weighted by Gasteiger charge is -2.10. The summed E-state index contributed by atoms with van der Waals surface area (Å²) in [6.45, 7) is 3.51. The number of amides is 1. The highest BCUT2D eigenvalue weighted by atomic mass is 32.1. The number of nitrogens with zero attached hydrogens (tertiary/aromatic N) is 1. The Bertz CT molecular complexity index is 632. The van der Waals surface area contributed by atoms with E-state index >= 15 is 0 Å². The number of hydrogen-bond donors (Lipinski definition) is 2. The average Bonchev–Trinajstić information content (AvgIpc) is 3.03. The molecule has 0 aromatic carbocycles. The van der Waals surface area contributed by atoms with Crippen LogP contribution in [0.4, 0.5) is 0 Å². The molecule has 1 unspecified atom stereocenters. The summed E-state index contributed by atoms with van der Waals surface area (Å²) in [5.41, 5.74) is 0.193. The standard InChI is InChI=1S/C13H14N2O4S/c1-3-8(13(17)18)14-11(16)9-6-20-12(15-9)10-5-4-7(2)19-10/h4-6,8H,3H2,1-2H3,(H,14,16)(H,17,18). The van der Waals surface area contributed by atoms with E-state index < -0.39 is 17.9 Å². The van der Waals surface area contributed by atoms with Gasteiger partial charge in [-0.25, -0.2) is 9.78 Å². The summed E-state index contributed by atoms with van der Waals surface area (Å²) in [4.78, 5) is 26.9. The SMILES string of the molecule is CCC(NC(=O)c1csc(-c2ccc(C)o2)n1)C(=O)O. The number of thiazole rings is 1. The van der Waals surface area contributed by atoms with Gasteiger partial charge in [0.2, 0.25) is 0 Å². The van der Waals surface area contributed by atoms with Gasteiger partial charge in [0, 0.05) is 5.38 Å². The molecular weight excluding hydrogens is 280 g/mol. The van der Waals surface area contributed by atoms with Crippen molar-refractivity contribution < 1.29 is 19.1 Å². The summed E-state index contributed by atoms with van der Waals surface area (Å²) < 4.78 is 5.43. The molecule has 0 fully saturated rings. The van der Waals surface area contributed by atoms with Crippen molar-refractivity contribution in [3.63, 3.8) is 0 Å². The fraction of sp³-hybridized carbons (Fsp3) is 0.308. The Morgan fingerprint density at radius 1 is 1.50 bits per heavy atom. The van der Waals surface area contributed by atoms with Crippen molar-refractivity contribution in [2.75, 3.05) is 0 Å². The average molecular weight is 294 g/mol. The van der Waals surface area contributed by atoms with E-state index in [9.17, 15) is 9.59 Å². The molecule has 6 nitrogen and oxygen atoms in total. The van der Waals surface area contributed by atoms with Crippen LogP contribution in [0.15, 0.2) is 21.9 Å². The highest BCUT2D eigenvalue weighted by Gasteiger charge is 2.20. The first-order valence-electron chi connectivity index (χ1n) is 6.07. The third-order valence-corrected chi connectivity index (χ3v) is 3.56. The molecule has 106 valence electrons. The molecule has 0 spiro atoms. The Labute approximate surface area is 119 Å². The van der Waals surface area contributed by atoms with Gasteiger partial charge in [0.1, 0.15) is 17.5 Å². The van der Waals surface area contributed by atoms with Gasteiger partial charge in [-0.15, -0.1) is 11.3 Å². The summed E-state index contributed by atoms with van der Waals surface area (Å²) >= 11 is 1.27. The number of carbonyl (C=O) groups excluding carboxylic acids is 1. The maximum absolute atomic E-state index is 11.9. The Morgan fingerprint density at radius 3 is 2.80 bits per heavy atom. The number of nitrogens with one attached hydrogen (secondary N) is 1. The highest BCUT2D eigenvalue weighted by molar-refractivity contribution is 7.13. The van der Waals surface area contributed by atoms with Crippen LogP contribution in [0.2, 0.25) is 0 Å². The van der Waals surface area contributed by atoms with Gasteiger partial charge in [0.25, 0.3) is 5.91 Å². The first-order chi connectivity index (χ1) is 9.51. The lowest BCUT2D eigenvalue weighted by molar-refractivity contribution is -0.139. The summed E-state index contributed by atoms with van der Waals surface area (Å²) in [6.07, 6.45) is 0.315. The number of aryl methyl sites for hydroxylation is 1. The number of rotatable bonds is 5. The lowest BCUT2D eigenvalue weighted by atomic mass is 10.2. The van der Waals surface area contributed by atoms with Crippen LogP contribution < -0.4 is 5.32 Å². The predicted molar refractivity (Wildman–Crippen MR) is 73.7 cm³/mol. The number of aromatic nitrogens is 1. The molecule has 2 heterocycles. The number of carbonyl (C=O) groups is 2. The van der Waals surface area contributed by atoms with Crippen LogP contribution >= 0.6 is 11.3 Å². The molecule has 1 atom stereocenters. The fourth-order valence-corrected chi connectivity index (χ4v) is 2.37. The molecule has 7 heteroatoms. The largest absolute Gasteiger partial charge is 0.480 e. The van der Waals surface area contributed by atoms with Crippen LogP contribution in [-0.2, 0) is 4.79 Å². The predicted octanol–water partition coefficient (Wildman–Crippen LogP) is 2.30. The topological polar surface area (TPSA) is 92.4 Å². The molecule has 0 bridgehead atoms. The molecule has 0 aliphatic heterocycles. The van der Waals surface area contributed by atoms with Crippen LogP contribution in [0, 0.1) is 6.92 Å². The maximum Gasteiger partial charge on any atom is 0.326 e. The molecule has 2 N–H and O–H groups in total. The Morgan fingerprint density at radius 2 is 2.25 bits per heavy atom. The van der Waals surface area contributed by atoms with Gasteiger partial charge < -0.3 is 14.8 Å². The summed E-state index contributed by atoms with van der Waals surface area (Å²) in [6, 6.07) is 2.69. The Kier molecular flexibility index (Phi) is 4.19. The van der Waals surface area contributed by atoms with E-state index in [0.29, 0.717) is 17.2 Å². The second-order valence-electron chi connectivity index (χ2n) is 4.22. The van der Waals surface area contributed by atoms with Gasteiger partial charge in [-0.05, 0) is 25.5 Å². The third kappa shape index (κ3) is 3.05. The van der Waals surface area contributed by atoms with Crippen LogP contribution in [0.1, 0.15) is 29.6 Å². The van der Waals surface area contributed by atoms with Gasteiger partial charge in [-0.2, -0.15) is 0 Å². The van der Waals surface area contributed by atoms with Gasteiger partial charge in [-0.3, -0.25) is 4.79 Å². The van der Waals surface area contributed by atoms with E-state index in [0.717, 1.165) is 5.76 Å². The summed E-state index contributed by atoms with van der Waals surface area (Å²) in [5.74, 6) is -0.196. The quantitative estimate of drug-likeness (QED) is 0.882. The molecule has 2 rings (SSSR count). The van der Waals surface area contributed by atoms with E-state index in [1.54, 1.807) is 18.4 Å². The number of carboxylic acid groups (broad SMARTS) is 1. The first-order valence-corrected chi connectivity index (χ1v) is 6.95. The van der Waals surface area contributed by atoms with E-state index in [1.165, 1.54) is 11.3 Å². The van der Waals surface area contributed by atoms with Crippen LogP contribution in [0.25, 0.3) is 10.8 Å². The second-order valence-corrected chi connectivity index (χ2v) is 5.08. The molecular formula is C13H14N2O4S. The molecule has 0 aliphatic carbocycles. The van der Waals surface area contributed by atoms with Crippen molar-refractivity contribution in [3.05, 3.63) is 29.0 Å². The van der Waals surface area contributed by atoms with Gasteiger partial charge >= 0.3 is 5.97 Å². The second kappa shape index (κ2) is 5.87. The molecule has 1 amide bonds. The van der Waals surface area contributed by atoms with Crippen LogP contribution in [-0.4, -0.2) is 28.0 Å². The smallest absolute Gasteiger partial charge is 0.326 e. The molecule has 0 saturated heterocycles. The van der Waals surface area contributed by atoms with E-state index in [4.69, 9.17) is 9.52 Å². The zero-order valence-electron chi connectivity index (χ0n) is 11.0. The van der Waals surface area contributed by atoms with Gasteiger partial charge in [-0.1, -0.05) is 6.92 Å². The summed E-state index contributed by atoms with van der Waals surface area (Å²) in [5, 5.41) is 13.5. The maximum atomic E-state index is 11.9. The zero-order valence-corrected chi connectivity index (χ0v) is 11.9. The number of aliphatic carboxylic acids is 1. The summed E-state index contributed by atoms with van der Waals surface area (Å²) in [7, 11) is 0. The van der Waals surface area contributed by atoms with Crippen LogP contribution in [0.5, 0.6) is 0 Å². The highest BCUT2D eigenvalue weighted by Crippen LogP contribution is 2.25. The minimum atomic E-state index is -1.06. The van der Waals surface area contributed by atoms with Crippen molar-refractivity contribution >= 4 is 23.2 Å². The monoisotopic (exact) mass is 294 g/mol. The lowest BCUT2D eigenvalue weighted by Crippen LogP contribution is -2.40. The van der Waals surface area contributed by atoms with E-state index in [-0.39, 0.29) is 5.69 Å². The first kappa shape index (κ1) is 14.3. The molecule has 0 aliphatic rings. The van der Waals surface area contributed by atoms with Gasteiger partial charge in [0.05, 0.1) is 0 Å². The number of furan rings is 1. The van der Waals surface area contributed by atoms with E-state index in [1.807, 2.05) is 13.0 Å². The Hall–Kier alpha value is -2.15. The van der Waals surface area contributed by atoms with Crippen molar-refractivity contribution in [1.29, 1.82) is 0 Å². The van der Waals surface area contributed by atoms with Gasteiger partial charge in [0.15, 0.2) is 10.8 Å².